The highest BCUT2D eigenvalue weighted by Crippen LogP contribution is 2.24. The van der Waals surface area contributed by atoms with Gasteiger partial charge in [-0.05, 0) is 40.0 Å². The Labute approximate surface area is 127 Å². The van der Waals surface area contributed by atoms with E-state index in [4.69, 9.17) is 0 Å². The van der Waals surface area contributed by atoms with Gasteiger partial charge in [0.05, 0.1) is 9.40 Å². The van der Waals surface area contributed by atoms with Crippen molar-refractivity contribution in [2.45, 2.75) is 6.42 Å². The minimum atomic E-state index is -0.625. The Balaban J connectivity index is 1.98. The van der Waals surface area contributed by atoms with Gasteiger partial charge < -0.3 is 5.32 Å². The maximum absolute atomic E-state index is 13.0. The molecule has 0 aliphatic heterocycles. The first-order valence-corrected chi connectivity index (χ1v) is 6.74. The van der Waals surface area contributed by atoms with Gasteiger partial charge in [-0.15, -0.1) is 0 Å². The van der Waals surface area contributed by atoms with E-state index in [0.717, 1.165) is 12.3 Å². The lowest BCUT2D eigenvalue weighted by molar-refractivity contribution is -0.385. The van der Waals surface area contributed by atoms with Crippen molar-refractivity contribution in [1.82, 2.24) is 4.98 Å². The summed E-state index contributed by atoms with van der Waals surface area (Å²) in [4.78, 5) is 14.0. The molecular formula is C13H10BrF2N3O2. The molecule has 21 heavy (non-hydrogen) atoms. The SMILES string of the molecule is O=[N+]([O-])c1cnc(NCCc2cc(F)cc(F)c2)c(Br)c1. The number of hydrogen-bond donors (Lipinski definition) is 1. The van der Waals surface area contributed by atoms with Crippen LogP contribution in [0.5, 0.6) is 0 Å². The molecule has 8 heteroatoms. The Morgan fingerprint density at radius 2 is 1.90 bits per heavy atom. The molecule has 0 unspecified atom stereocenters. The zero-order valence-electron chi connectivity index (χ0n) is 10.6. The maximum atomic E-state index is 13.0. The number of aromatic nitrogens is 1. The first kappa shape index (κ1) is 15.3. The van der Waals surface area contributed by atoms with Crippen molar-refractivity contribution in [3.63, 3.8) is 0 Å². The standard InChI is InChI=1S/C13H10BrF2N3O2/c14-12-6-11(19(20)21)7-18-13(12)17-2-1-8-3-9(15)5-10(16)4-8/h3-7H,1-2H2,(H,17,18). The van der Waals surface area contributed by atoms with E-state index in [9.17, 15) is 18.9 Å². The Kier molecular flexibility index (Phi) is 4.79. The summed E-state index contributed by atoms with van der Waals surface area (Å²) < 4.78 is 26.5. The van der Waals surface area contributed by atoms with E-state index in [2.05, 4.69) is 26.2 Å². The molecule has 0 saturated heterocycles. The second kappa shape index (κ2) is 6.57. The molecule has 1 aromatic carbocycles. The molecule has 0 aliphatic carbocycles. The number of anilines is 1. The fraction of sp³-hybridized carbons (Fsp3) is 0.154. The van der Waals surface area contributed by atoms with Crippen LogP contribution in [-0.2, 0) is 6.42 Å². The van der Waals surface area contributed by atoms with Crippen LogP contribution in [0, 0.1) is 21.7 Å². The molecule has 2 aromatic rings. The van der Waals surface area contributed by atoms with Crippen LogP contribution in [0.1, 0.15) is 5.56 Å². The summed E-state index contributed by atoms with van der Waals surface area (Å²) in [5.74, 6) is -0.822. The van der Waals surface area contributed by atoms with E-state index in [0.29, 0.717) is 28.8 Å². The minimum absolute atomic E-state index is 0.125. The third-order valence-corrected chi connectivity index (χ3v) is 3.27. The van der Waals surface area contributed by atoms with E-state index in [1.54, 1.807) is 0 Å². The summed E-state index contributed by atoms with van der Waals surface area (Å²) in [5.41, 5.74) is 0.387. The fourth-order valence-corrected chi connectivity index (χ4v) is 2.22. The van der Waals surface area contributed by atoms with Crippen molar-refractivity contribution < 1.29 is 13.7 Å². The molecule has 0 atom stereocenters. The zero-order valence-corrected chi connectivity index (χ0v) is 12.2. The lowest BCUT2D eigenvalue weighted by Crippen LogP contribution is -2.07. The van der Waals surface area contributed by atoms with Gasteiger partial charge in [0.15, 0.2) is 0 Å². The van der Waals surface area contributed by atoms with Crippen molar-refractivity contribution in [2.24, 2.45) is 0 Å². The monoisotopic (exact) mass is 357 g/mol. The number of halogens is 3. The molecule has 0 aliphatic rings. The van der Waals surface area contributed by atoms with Gasteiger partial charge in [-0.1, -0.05) is 0 Å². The zero-order chi connectivity index (χ0) is 15.4. The smallest absolute Gasteiger partial charge is 0.288 e. The third-order valence-electron chi connectivity index (χ3n) is 2.67. The molecule has 1 N–H and O–H groups in total. The molecule has 0 bridgehead atoms. The molecule has 1 aromatic heterocycles. The molecular weight excluding hydrogens is 348 g/mol. The average Bonchev–Trinajstić information content (AvgIpc) is 2.39. The highest BCUT2D eigenvalue weighted by molar-refractivity contribution is 9.10. The van der Waals surface area contributed by atoms with Crippen LogP contribution in [0.15, 0.2) is 34.9 Å². The van der Waals surface area contributed by atoms with Gasteiger partial charge in [-0.2, -0.15) is 0 Å². The van der Waals surface area contributed by atoms with E-state index in [-0.39, 0.29) is 5.69 Å². The van der Waals surface area contributed by atoms with Crippen LogP contribution in [-0.4, -0.2) is 16.5 Å². The van der Waals surface area contributed by atoms with E-state index >= 15 is 0 Å². The van der Waals surface area contributed by atoms with E-state index in [1.807, 2.05) is 0 Å². The first-order chi connectivity index (χ1) is 9.95. The van der Waals surface area contributed by atoms with E-state index < -0.39 is 16.6 Å². The number of nitrogens with zero attached hydrogens (tertiary/aromatic N) is 2. The second-order valence-electron chi connectivity index (χ2n) is 4.24. The quantitative estimate of drug-likeness (QED) is 0.654. The largest absolute Gasteiger partial charge is 0.369 e. The number of benzene rings is 1. The third kappa shape index (κ3) is 4.19. The molecule has 0 fully saturated rings. The predicted octanol–water partition coefficient (Wildman–Crippen LogP) is 3.69. The number of nitro groups is 1. The lowest BCUT2D eigenvalue weighted by atomic mass is 10.1. The summed E-state index contributed by atoms with van der Waals surface area (Å²) in [5, 5.41) is 13.5. The summed E-state index contributed by atoms with van der Waals surface area (Å²) >= 11 is 3.18. The Morgan fingerprint density at radius 1 is 1.24 bits per heavy atom. The topological polar surface area (TPSA) is 68.1 Å². The lowest BCUT2D eigenvalue weighted by Gasteiger charge is -2.07. The van der Waals surface area contributed by atoms with Gasteiger partial charge in [0.2, 0.25) is 0 Å². The predicted molar refractivity (Wildman–Crippen MR) is 77.1 cm³/mol. The minimum Gasteiger partial charge on any atom is -0.369 e. The number of nitrogens with one attached hydrogen (secondary N) is 1. The summed E-state index contributed by atoms with van der Waals surface area (Å²) in [7, 11) is 0. The van der Waals surface area contributed by atoms with Crippen LogP contribution in [0.25, 0.3) is 0 Å². The molecule has 110 valence electrons. The summed E-state index contributed by atoms with van der Waals surface area (Å²) in [6.07, 6.45) is 1.52. The molecule has 5 nitrogen and oxygen atoms in total. The van der Waals surface area contributed by atoms with Crippen molar-refractivity contribution >= 4 is 27.4 Å². The fourth-order valence-electron chi connectivity index (χ4n) is 1.74. The normalized spacial score (nSPS) is 10.4. The van der Waals surface area contributed by atoms with Crippen LogP contribution in [0.3, 0.4) is 0 Å². The number of pyridine rings is 1. The molecule has 2 rings (SSSR count). The maximum Gasteiger partial charge on any atom is 0.288 e. The van der Waals surface area contributed by atoms with Crippen molar-refractivity contribution in [3.05, 3.63) is 62.2 Å². The molecule has 0 spiro atoms. The van der Waals surface area contributed by atoms with Gasteiger partial charge in [-0.3, -0.25) is 10.1 Å². The summed E-state index contributed by atoms with van der Waals surface area (Å²) in [6.45, 7) is 0.381. The van der Waals surface area contributed by atoms with Gasteiger partial charge in [0, 0.05) is 18.7 Å². The van der Waals surface area contributed by atoms with Crippen molar-refractivity contribution in [3.8, 4) is 0 Å². The highest BCUT2D eigenvalue weighted by Gasteiger charge is 2.10. The van der Waals surface area contributed by atoms with Crippen molar-refractivity contribution in [2.75, 3.05) is 11.9 Å². The highest BCUT2D eigenvalue weighted by atomic mass is 79.9. The summed E-state index contributed by atoms with van der Waals surface area (Å²) in [6, 6.07) is 4.65. The average molecular weight is 358 g/mol. The van der Waals surface area contributed by atoms with Gasteiger partial charge in [-0.25, -0.2) is 13.8 Å². The van der Waals surface area contributed by atoms with E-state index in [1.165, 1.54) is 18.2 Å². The van der Waals surface area contributed by atoms with Gasteiger partial charge in [0.1, 0.15) is 23.6 Å². The van der Waals surface area contributed by atoms with Crippen molar-refractivity contribution in [1.29, 1.82) is 0 Å². The molecule has 0 amide bonds. The Morgan fingerprint density at radius 3 is 2.48 bits per heavy atom. The van der Waals surface area contributed by atoms with Gasteiger partial charge in [0.25, 0.3) is 5.69 Å². The molecule has 0 saturated carbocycles. The van der Waals surface area contributed by atoms with Crippen LogP contribution in [0.4, 0.5) is 20.3 Å². The Bertz CT molecular complexity index is 662. The Hall–Kier alpha value is -2.09. The molecule has 1 heterocycles. The van der Waals surface area contributed by atoms with Crippen LogP contribution < -0.4 is 5.32 Å². The molecule has 0 radical (unpaired) electrons. The second-order valence-corrected chi connectivity index (χ2v) is 5.09. The van der Waals surface area contributed by atoms with Gasteiger partial charge >= 0.3 is 0 Å². The first-order valence-electron chi connectivity index (χ1n) is 5.94. The van der Waals surface area contributed by atoms with Crippen LogP contribution in [0.2, 0.25) is 0 Å². The number of hydrogen-bond acceptors (Lipinski definition) is 4. The van der Waals surface area contributed by atoms with Crippen LogP contribution >= 0.6 is 15.9 Å². The number of rotatable bonds is 5.